The van der Waals surface area contributed by atoms with Crippen molar-refractivity contribution in [2.75, 3.05) is 13.2 Å². The number of carbonyl (C=O) groups is 2. The normalized spacial score (nSPS) is 12.8. The Morgan fingerprint density at radius 3 is 2.43 bits per heavy atom. The van der Waals surface area contributed by atoms with E-state index in [1.807, 2.05) is 45.2 Å². The highest BCUT2D eigenvalue weighted by Gasteiger charge is 2.40. The number of nitrogens with zero attached hydrogens (tertiary/aromatic N) is 1. The van der Waals surface area contributed by atoms with Gasteiger partial charge in [-0.05, 0) is 30.7 Å². The summed E-state index contributed by atoms with van der Waals surface area (Å²) < 4.78 is 5.10. The SMILES string of the molecule is CCOC(=O)C(C(=O)N(CC)Cc1cccs1)C(C)(C)C. The smallest absolute Gasteiger partial charge is 0.319 e. The minimum Gasteiger partial charge on any atom is -0.465 e. The molecule has 0 saturated carbocycles. The lowest BCUT2D eigenvalue weighted by atomic mass is 9.79. The average molecular weight is 311 g/mol. The van der Waals surface area contributed by atoms with Crippen molar-refractivity contribution in [1.29, 1.82) is 0 Å². The lowest BCUT2D eigenvalue weighted by Gasteiger charge is -2.32. The van der Waals surface area contributed by atoms with Crippen LogP contribution in [0.1, 0.15) is 39.5 Å². The fourth-order valence-electron chi connectivity index (χ4n) is 2.17. The third kappa shape index (κ3) is 4.84. The van der Waals surface area contributed by atoms with Gasteiger partial charge in [0, 0.05) is 11.4 Å². The van der Waals surface area contributed by atoms with Crippen molar-refractivity contribution in [2.45, 2.75) is 41.2 Å². The summed E-state index contributed by atoms with van der Waals surface area (Å²) >= 11 is 1.61. The molecule has 1 heterocycles. The molecule has 1 amide bonds. The van der Waals surface area contributed by atoms with Gasteiger partial charge in [0.1, 0.15) is 5.92 Å². The molecule has 1 aromatic rings. The molecule has 1 unspecified atom stereocenters. The standard InChI is InChI=1S/C16H25NO3S/c1-6-17(11-12-9-8-10-21-12)14(18)13(16(3,4)5)15(19)20-7-2/h8-10,13H,6-7,11H2,1-5H3. The molecule has 0 fully saturated rings. The summed E-state index contributed by atoms with van der Waals surface area (Å²) in [4.78, 5) is 27.8. The van der Waals surface area contributed by atoms with Crippen LogP contribution in [0.5, 0.6) is 0 Å². The van der Waals surface area contributed by atoms with Crippen LogP contribution < -0.4 is 0 Å². The largest absolute Gasteiger partial charge is 0.465 e. The number of amides is 1. The summed E-state index contributed by atoms with van der Waals surface area (Å²) in [6, 6.07) is 3.96. The highest BCUT2D eigenvalue weighted by atomic mass is 32.1. The maximum atomic E-state index is 12.8. The third-order valence-corrected chi connectivity index (χ3v) is 4.12. The molecule has 0 saturated heterocycles. The van der Waals surface area contributed by atoms with Gasteiger partial charge in [0.05, 0.1) is 13.2 Å². The van der Waals surface area contributed by atoms with E-state index in [-0.39, 0.29) is 12.5 Å². The Morgan fingerprint density at radius 2 is 2.00 bits per heavy atom. The zero-order chi connectivity index (χ0) is 16.0. The Hall–Kier alpha value is -1.36. The predicted octanol–water partition coefficient (Wildman–Crippen LogP) is 3.32. The van der Waals surface area contributed by atoms with Gasteiger partial charge >= 0.3 is 5.97 Å². The summed E-state index contributed by atoms with van der Waals surface area (Å²) in [5, 5.41) is 1.99. The fraction of sp³-hybridized carbons (Fsp3) is 0.625. The number of hydrogen-bond acceptors (Lipinski definition) is 4. The molecular formula is C16H25NO3S. The van der Waals surface area contributed by atoms with Gasteiger partial charge in [-0.3, -0.25) is 9.59 Å². The first-order valence-corrected chi connectivity index (χ1v) is 8.17. The van der Waals surface area contributed by atoms with Crippen molar-refractivity contribution >= 4 is 23.2 Å². The topological polar surface area (TPSA) is 46.6 Å². The van der Waals surface area contributed by atoms with Crippen molar-refractivity contribution in [3.63, 3.8) is 0 Å². The molecule has 21 heavy (non-hydrogen) atoms. The molecule has 1 rings (SSSR count). The Morgan fingerprint density at radius 1 is 1.33 bits per heavy atom. The lowest BCUT2D eigenvalue weighted by Crippen LogP contribution is -2.45. The minimum atomic E-state index is -0.766. The fourth-order valence-corrected chi connectivity index (χ4v) is 2.89. The van der Waals surface area contributed by atoms with Crippen LogP contribution in [0.4, 0.5) is 0 Å². The molecule has 0 bridgehead atoms. The van der Waals surface area contributed by atoms with Crippen molar-refractivity contribution in [3.8, 4) is 0 Å². The van der Waals surface area contributed by atoms with E-state index in [1.165, 1.54) is 0 Å². The zero-order valence-corrected chi connectivity index (χ0v) is 14.3. The number of hydrogen-bond donors (Lipinski definition) is 0. The molecule has 5 heteroatoms. The summed E-state index contributed by atoms with van der Waals surface area (Å²) in [5.74, 6) is -1.35. The van der Waals surface area contributed by atoms with Gasteiger partial charge in [-0.25, -0.2) is 0 Å². The van der Waals surface area contributed by atoms with E-state index in [1.54, 1.807) is 23.2 Å². The van der Waals surface area contributed by atoms with Gasteiger partial charge in [0.25, 0.3) is 0 Å². The van der Waals surface area contributed by atoms with Crippen LogP contribution in [0, 0.1) is 11.3 Å². The molecule has 118 valence electrons. The van der Waals surface area contributed by atoms with E-state index in [0.717, 1.165) is 4.88 Å². The van der Waals surface area contributed by atoms with Gasteiger partial charge in [-0.15, -0.1) is 11.3 Å². The van der Waals surface area contributed by atoms with Crippen molar-refractivity contribution in [2.24, 2.45) is 11.3 Å². The molecule has 1 aromatic heterocycles. The molecule has 0 aliphatic heterocycles. The van der Waals surface area contributed by atoms with E-state index >= 15 is 0 Å². The maximum absolute atomic E-state index is 12.8. The molecule has 0 spiro atoms. The van der Waals surface area contributed by atoms with Gasteiger partial charge in [-0.2, -0.15) is 0 Å². The zero-order valence-electron chi connectivity index (χ0n) is 13.5. The third-order valence-electron chi connectivity index (χ3n) is 3.26. The molecule has 1 atom stereocenters. The van der Waals surface area contributed by atoms with Crippen LogP contribution in [0.15, 0.2) is 17.5 Å². The van der Waals surface area contributed by atoms with E-state index in [2.05, 4.69) is 0 Å². The highest BCUT2D eigenvalue weighted by Crippen LogP contribution is 2.29. The summed E-state index contributed by atoms with van der Waals surface area (Å²) in [6.45, 7) is 10.8. The predicted molar refractivity (Wildman–Crippen MR) is 85.0 cm³/mol. The van der Waals surface area contributed by atoms with Crippen LogP contribution in [0.25, 0.3) is 0 Å². The second-order valence-electron chi connectivity index (χ2n) is 5.98. The quantitative estimate of drug-likeness (QED) is 0.598. The summed E-state index contributed by atoms with van der Waals surface area (Å²) in [5.41, 5.74) is -0.466. The Kier molecular flexibility index (Phi) is 6.40. The van der Waals surface area contributed by atoms with Gasteiger partial charge in [0.2, 0.25) is 5.91 Å². The molecular weight excluding hydrogens is 286 g/mol. The molecule has 0 aliphatic carbocycles. The first kappa shape index (κ1) is 17.7. The maximum Gasteiger partial charge on any atom is 0.319 e. The Balaban J connectivity index is 2.94. The van der Waals surface area contributed by atoms with Crippen LogP contribution in [-0.4, -0.2) is 29.9 Å². The van der Waals surface area contributed by atoms with Crippen LogP contribution in [-0.2, 0) is 20.9 Å². The van der Waals surface area contributed by atoms with Crippen molar-refractivity contribution in [3.05, 3.63) is 22.4 Å². The van der Waals surface area contributed by atoms with E-state index in [0.29, 0.717) is 13.1 Å². The number of rotatable bonds is 6. The number of carbonyl (C=O) groups excluding carboxylic acids is 2. The monoisotopic (exact) mass is 311 g/mol. The molecule has 0 radical (unpaired) electrons. The second kappa shape index (κ2) is 7.59. The van der Waals surface area contributed by atoms with E-state index in [9.17, 15) is 9.59 Å². The number of esters is 1. The molecule has 0 aromatic carbocycles. The van der Waals surface area contributed by atoms with Gasteiger partial charge in [-0.1, -0.05) is 26.8 Å². The van der Waals surface area contributed by atoms with Crippen molar-refractivity contribution in [1.82, 2.24) is 4.90 Å². The highest BCUT2D eigenvalue weighted by molar-refractivity contribution is 7.09. The first-order valence-electron chi connectivity index (χ1n) is 7.29. The first-order chi connectivity index (χ1) is 9.81. The molecule has 4 nitrogen and oxygen atoms in total. The summed E-state index contributed by atoms with van der Waals surface area (Å²) in [7, 11) is 0. The van der Waals surface area contributed by atoms with Crippen molar-refractivity contribution < 1.29 is 14.3 Å². The average Bonchev–Trinajstić information content (AvgIpc) is 2.87. The van der Waals surface area contributed by atoms with E-state index in [4.69, 9.17) is 4.74 Å². The van der Waals surface area contributed by atoms with Crippen LogP contribution in [0.2, 0.25) is 0 Å². The van der Waals surface area contributed by atoms with Gasteiger partial charge in [0.15, 0.2) is 0 Å². The second-order valence-corrected chi connectivity index (χ2v) is 7.02. The number of ether oxygens (including phenoxy) is 1. The Labute approximate surface area is 131 Å². The van der Waals surface area contributed by atoms with E-state index < -0.39 is 17.3 Å². The summed E-state index contributed by atoms with van der Waals surface area (Å²) in [6.07, 6.45) is 0. The molecule has 0 aliphatic rings. The van der Waals surface area contributed by atoms with Crippen LogP contribution in [0.3, 0.4) is 0 Å². The number of thiophene rings is 1. The van der Waals surface area contributed by atoms with Gasteiger partial charge < -0.3 is 9.64 Å². The molecule has 0 N–H and O–H groups in total. The van der Waals surface area contributed by atoms with Crippen LogP contribution >= 0.6 is 11.3 Å². The minimum absolute atomic E-state index is 0.156. The Bertz CT molecular complexity index is 462. The lowest BCUT2D eigenvalue weighted by molar-refractivity contribution is -0.160.